The van der Waals surface area contributed by atoms with Gasteiger partial charge in [-0.25, -0.2) is 17.6 Å². The van der Waals surface area contributed by atoms with Gasteiger partial charge in [-0.3, -0.25) is 9.89 Å². The van der Waals surface area contributed by atoms with Gasteiger partial charge >= 0.3 is 0 Å². The number of amides is 1. The Labute approximate surface area is 150 Å². The van der Waals surface area contributed by atoms with Crippen LogP contribution in [-0.2, 0) is 0 Å². The number of carbonyl (C=O) groups excluding carboxylic acids is 1. The van der Waals surface area contributed by atoms with Crippen LogP contribution in [0.3, 0.4) is 0 Å². The van der Waals surface area contributed by atoms with Crippen LogP contribution in [0, 0.1) is 0 Å². The fourth-order valence-electron chi connectivity index (χ4n) is 2.56. The summed E-state index contributed by atoms with van der Waals surface area (Å²) in [5.74, 6) is -0.612. The largest absolute Gasteiger partial charge is 0.497 e. The first-order valence-corrected chi connectivity index (χ1v) is 7.66. The Hall–Kier alpha value is -2.95. The van der Waals surface area contributed by atoms with Gasteiger partial charge in [-0.2, -0.15) is 15.2 Å². The number of benzene rings is 1. The maximum absolute atomic E-state index is 13.2. The number of carbonyl (C=O) groups is 1. The number of alkyl halides is 4. The summed E-state index contributed by atoms with van der Waals surface area (Å²) in [7, 11) is 1.49. The molecule has 1 atom stereocenters. The fourth-order valence-corrected chi connectivity index (χ4v) is 2.56. The van der Waals surface area contributed by atoms with E-state index in [0.717, 1.165) is 0 Å². The highest BCUT2D eigenvalue weighted by atomic mass is 19.3. The summed E-state index contributed by atoms with van der Waals surface area (Å²) in [6.07, 6.45) is -7.82. The van der Waals surface area contributed by atoms with E-state index < -0.39 is 36.6 Å². The topological polar surface area (TPSA) is 90.8 Å². The van der Waals surface area contributed by atoms with Gasteiger partial charge in [0.25, 0.3) is 18.8 Å². The highest BCUT2D eigenvalue weighted by molar-refractivity contribution is 5.98. The number of halogens is 4. The van der Waals surface area contributed by atoms with Crippen LogP contribution in [-0.4, -0.2) is 57.6 Å². The molecule has 1 aliphatic rings. The van der Waals surface area contributed by atoms with E-state index in [4.69, 9.17) is 4.74 Å². The molecule has 0 unspecified atom stereocenters. The first kappa shape index (κ1) is 18.8. The third-order valence-electron chi connectivity index (χ3n) is 4.02. The maximum Gasteiger partial charge on any atom is 0.294 e. The number of hydrogen-bond donors (Lipinski definition) is 2. The summed E-state index contributed by atoms with van der Waals surface area (Å²) in [5, 5.41) is 19.4. The molecule has 2 N–H and O–H groups in total. The van der Waals surface area contributed by atoms with Gasteiger partial charge in [0.05, 0.1) is 12.8 Å². The van der Waals surface area contributed by atoms with Gasteiger partial charge in [0.1, 0.15) is 17.2 Å². The molecule has 0 bridgehead atoms. The molecule has 11 heteroatoms. The zero-order chi connectivity index (χ0) is 19.8. The number of hydrazone groups is 1. The number of aromatic nitrogens is 2. The van der Waals surface area contributed by atoms with E-state index in [2.05, 4.69) is 15.3 Å². The van der Waals surface area contributed by atoms with Gasteiger partial charge in [-0.1, -0.05) is 0 Å². The van der Waals surface area contributed by atoms with Crippen LogP contribution in [0.25, 0.3) is 11.3 Å². The van der Waals surface area contributed by atoms with Gasteiger partial charge in [-0.05, 0) is 30.3 Å². The lowest BCUT2D eigenvalue weighted by Crippen LogP contribution is -2.51. The molecular weight excluding hydrogens is 372 g/mol. The minimum atomic E-state index is -3.49. The number of hydrogen-bond acceptors (Lipinski definition) is 5. The molecule has 0 saturated heterocycles. The molecule has 0 fully saturated rings. The molecule has 144 valence electrons. The van der Waals surface area contributed by atoms with Crippen molar-refractivity contribution in [3.63, 3.8) is 0 Å². The van der Waals surface area contributed by atoms with Gasteiger partial charge in [0, 0.05) is 12.0 Å². The van der Waals surface area contributed by atoms with Crippen molar-refractivity contribution in [3.8, 4) is 17.0 Å². The molecule has 7 nitrogen and oxygen atoms in total. The predicted molar refractivity (Wildman–Crippen MR) is 85.8 cm³/mol. The molecule has 1 aliphatic heterocycles. The first-order valence-electron chi connectivity index (χ1n) is 7.66. The molecule has 2 heterocycles. The second-order valence-electron chi connectivity index (χ2n) is 5.76. The smallest absolute Gasteiger partial charge is 0.294 e. The number of rotatable bonds is 5. The van der Waals surface area contributed by atoms with E-state index in [1.165, 1.54) is 13.2 Å². The van der Waals surface area contributed by atoms with E-state index >= 15 is 0 Å². The van der Waals surface area contributed by atoms with E-state index in [-0.39, 0.29) is 10.7 Å². The Balaban J connectivity index is 1.89. The number of nitrogens with one attached hydrogen (secondary N) is 1. The summed E-state index contributed by atoms with van der Waals surface area (Å²) in [5.41, 5.74) is -3.54. The van der Waals surface area contributed by atoms with Crippen molar-refractivity contribution in [2.75, 3.05) is 7.11 Å². The number of methoxy groups -OCH3 is 1. The molecule has 0 aliphatic carbocycles. The van der Waals surface area contributed by atoms with Gasteiger partial charge in [0.15, 0.2) is 0 Å². The predicted octanol–water partition coefficient (Wildman–Crippen LogP) is 2.51. The Morgan fingerprint density at radius 3 is 2.52 bits per heavy atom. The fraction of sp³-hybridized carbons (Fsp3) is 0.312. The lowest BCUT2D eigenvalue weighted by Gasteiger charge is -2.29. The summed E-state index contributed by atoms with van der Waals surface area (Å²) in [6.45, 7) is 0. The summed E-state index contributed by atoms with van der Waals surface area (Å²) < 4.78 is 57.1. The summed E-state index contributed by atoms with van der Waals surface area (Å²) in [6, 6.07) is 7.86. The molecule has 0 saturated carbocycles. The Morgan fingerprint density at radius 2 is 1.96 bits per heavy atom. The van der Waals surface area contributed by atoms with Crippen molar-refractivity contribution in [3.05, 3.63) is 36.0 Å². The minimum absolute atomic E-state index is 0.0233. The van der Waals surface area contributed by atoms with Crippen molar-refractivity contribution in [1.82, 2.24) is 15.2 Å². The minimum Gasteiger partial charge on any atom is -0.497 e. The number of nitrogens with zero attached hydrogens (tertiary/aromatic N) is 3. The molecule has 2 aromatic rings. The lowest BCUT2D eigenvalue weighted by atomic mass is 10.1. The Kier molecular flexibility index (Phi) is 4.87. The van der Waals surface area contributed by atoms with Crippen LogP contribution >= 0.6 is 0 Å². The van der Waals surface area contributed by atoms with Gasteiger partial charge in [0.2, 0.25) is 5.72 Å². The number of aromatic amines is 1. The first-order chi connectivity index (χ1) is 12.8. The normalized spacial score (nSPS) is 19.7. The second kappa shape index (κ2) is 6.99. The van der Waals surface area contributed by atoms with Crippen LogP contribution in [0.1, 0.15) is 16.9 Å². The van der Waals surface area contributed by atoms with Crippen LogP contribution in [0.15, 0.2) is 35.4 Å². The molecule has 1 aromatic carbocycles. The van der Waals surface area contributed by atoms with Crippen molar-refractivity contribution in [1.29, 1.82) is 0 Å². The van der Waals surface area contributed by atoms with Gasteiger partial charge in [-0.15, -0.1) is 0 Å². The quantitative estimate of drug-likeness (QED) is 0.773. The highest BCUT2D eigenvalue weighted by Gasteiger charge is 2.53. The van der Waals surface area contributed by atoms with Gasteiger partial charge < -0.3 is 9.84 Å². The third-order valence-corrected chi connectivity index (χ3v) is 4.02. The lowest BCUT2D eigenvalue weighted by molar-refractivity contribution is -0.164. The van der Waals surface area contributed by atoms with E-state index in [9.17, 15) is 27.5 Å². The average molecular weight is 386 g/mol. The molecule has 27 heavy (non-hydrogen) atoms. The standard InChI is InChI=1S/C16H14F4N4O3/c1-27-9-4-2-8(3-5-9)10-6-11(22-21-10)14(25)24-16(26,15(19)20)7-12(23-24)13(17)18/h2-6,13,15,26H,7H2,1H3,(H,21,22)/t16-/m1/s1. The molecule has 0 spiro atoms. The number of aliphatic hydroxyl groups is 1. The third kappa shape index (κ3) is 3.37. The van der Waals surface area contributed by atoms with Crippen LogP contribution < -0.4 is 4.74 Å². The van der Waals surface area contributed by atoms with Crippen molar-refractivity contribution in [2.45, 2.75) is 25.0 Å². The molecule has 0 radical (unpaired) electrons. The van der Waals surface area contributed by atoms with E-state index in [1.54, 1.807) is 24.3 Å². The maximum atomic E-state index is 13.2. The molecule has 3 rings (SSSR count). The average Bonchev–Trinajstić information content (AvgIpc) is 3.27. The number of H-pyrrole nitrogens is 1. The second-order valence-corrected chi connectivity index (χ2v) is 5.76. The summed E-state index contributed by atoms with van der Waals surface area (Å²) in [4.78, 5) is 12.5. The van der Waals surface area contributed by atoms with Crippen LogP contribution in [0.5, 0.6) is 5.75 Å². The summed E-state index contributed by atoms with van der Waals surface area (Å²) >= 11 is 0. The Morgan fingerprint density at radius 1 is 1.30 bits per heavy atom. The van der Waals surface area contributed by atoms with Crippen LogP contribution in [0.4, 0.5) is 17.6 Å². The monoisotopic (exact) mass is 386 g/mol. The molecule has 1 amide bonds. The van der Waals surface area contributed by atoms with E-state index in [0.29, 0.717) is 17.0 Å². The van der Waals surface area contributed by atoms with Crippen molar-refractivity contribution >= 4 is 11.6 Å². The zero-order valence-corrected chi connectivity index (χ0v) is 13.9. The van der Waals surface area contributed by atoms with Crippen molar-refractivity contribution in [2.24, 2.45) is 5.10 Å². The number of ether oxygens (including phenoxy) is 1. The molecule has 1 aromatic heterocycles. The zero-order valence-electron chi connectivity index (χ0n) is 13.9. The highest BCUT2D eigenvalue weighted by Crippen LogP contribution is 2.34. The SMILES string of the molecule is COc1ccc(-c2cc(C(=O)N3N=C(C(F)F)C[C@@]3(O)C(F)F)[nH]n2)cc1. The van der Waals surface area contributed by atoms with Crippen LogP contribution in [0.2, 0.25) is 0 Å². The molecular formula is C16H14F4N4O3. The van der Waals surface area contributed by atoms with E-state index in [1.807, 2.05) is 0 Å². The Bertz CT molecular complexity index is 869. The van der Waals surface area contributed by atoms with Crippen molar-refractivity contribution < 1.29 is 32.2 Å².